The number of phenols is 1. The molecule has 0 aliphatic rings. The molecule has 0 aliphatic heterocycles. The molecular formula is C13H16O6. The van der Waals surface area contributed by atoms with Gasteiger partial charge in [-0.2, -0.15) is 0 Å². The number of phenolic OH excluding ortho intramolecular Hbond substituents is 1. The number of ether oxygens (including phenoxy) is 2. The maximum absolute atomic E-state index is 11.3. The zero-order chi connectivity index (χ0) is 14.3. The summed E-state index contributed by atoms with van der Waals surface area (Å²) in [7, 11) is 1.42. The molecule has 0 radical (unpaired) electrons. The lowest BCUT2D eigenvalue weighted by molar-refractivity contribution is -0.141. The predicted molar refractivity (Wildman–Crippen MR) is 67.7 cm³/mol. The topological polar surface area (TPSA) is 96.2 Å². The van der Waals surface area contributed by atoms with Crippen molar-refractivity contribution in [2.45, 2.75) is 6.10 Å². The summed E-state index contributed by atoms with van der Waals surface area (Å²) in [6, 6.07) is 4.60. The molecule has 0 saturated heterocycles. The standard InChI is InChI=1S/C13H16O6/c1-18-12-6-9(2-4-11(12)16)3-5-13(17)19-8-10(15)7-14/h2-6,10,14-16H,7-8H2,1H3/b5-3+/t10-/m1/s1. The highest BCUT2D eigenvalue weighted by molar-refractivity contribution is 5.87. The van der Waals surface area contributed by atoms with E-state index < -0.39 is 18.7 Å². The fourth-order valence-corrected chi connectivity index (χ4v) is 1.24. The average molecular weight is 268 g/mol. The summed E-state index contributed by atoms with van der Waals surface area (Å²) in [5, 5.41) is 26.9. The van der Waals surface area contributed by atoms with E-state index in [1.54, 1.807) is 12.1 Å². The van der Waals surface area contributed by atoms with Gasteiger partial charge in [0.05, 0.1) is 13.7 Å². The third-order valence-electron chi connectivity index (χ3n) is 2.24. The van der Waals surface area contributed by atoms with Gasteiger partial charge in [-0.15, -0.1) is 0 Å². The molecule has 0 spiro atoms. The van der Waals surface area contributed by atoms with E-state index in [0.717, 1.165) is 0 Å². The van der Waals surface area contributed by atoms with Gasteiger partial charge in [0.2, 0.25) is 0 Å². The minimum atomic E-state index is -1.08. The van der Waals surface area contributed by atoms with Crippen LogP contribution in [0.1, 0.15) is 5.56 Å². The number of hydrogen-bond acceptors (Lipinski definition) is 6. The largest absolute Gasteiger partial charge is 0.504 e. The van der Waals surface area contributed by atoms with E-state index >= 15 is 0 Å². The lowest BCUT2D eigenvalue weighted by Gasteiger charge is -2.06. The highest BCUT2D eigenvalue weighted by Gasteiger charge is 2.05. The van der Waals surface area contributed by atoms with E-state index in [1.807, 2.05) is 0 Å². The summed E-state index contributed by atoms with van der Waals surface area (Å²) < 4.78 is 9.61. The van der Waals surface area contributed by atoms with Crippen molar-refractivity contribution in [3.63, 3.8) is 0 Å². The maximum Gasteiger partial charge on any atom is 0.330 e. The van der Waals surface area contributed by atoms with E-state index in [9.17, 15) is 9.90 Å². The number of rotatable bonds is 6. The zero-order valence-corrected chi connectivity index (χ0v) is 10.4. The molecule has 104 valence electrons. The molecule has 0 saturated carbocycles. The second kappa shape index (κ2) is 7.40. The Bertz CT molecular complexity index is 454. The monoisotopic (exact) mass is 268 g/mol. The van der Waals surface area contributed by atoms with E-state index in [4.69, 9.17) is 14.9 Å². The Hall–Kier alpha value is -2.05. The van der Waals surface area contributed by atoms with Crippen molar-refractivity contribution in [2.75, 3.05) is 20.3 Å². The fraction of sp³-hybridized carbons (Fsp3) is 0.308. The number of benzene rings is 1. The third-order valence-corrected chi connectivity index (χ3v) is 2.24. The molecule has 6 heteroatoms. The molecular weight excluding hydrogens is 252 g/mol. The quantitative estimate of drug-likeness (QED) is 0.507. The Labute approximate surface area is 110 Å². The SMILES string of the molecule is COc1cc(/C=C/C(=O)OC[C@H](O)CO)ccc1O. The van der Waals surface area contributed by atoms with Gasteiger partial charge in [0.1, 0.15) is 12.7 Å². The van der Waals surface area contributed by atoms with Gasteiger partial charge < -0.3 is 24.8 Å². The summed E-state index contributed by atoms with van der Waals surface area (Å²) in [6.07, 6.45) is 1.58. The summed E-state index contributed by atoms with van der Waals surface area (Å²) in [6.45, 7) is -0.731. The van der Waals surface area contributed by atoms with Gasteiger partial charge in [0, 0.05) is 6.08 Å². The molecule has 3 N–H and O–H groups in total. The number of carbonyl (C=O) groups is 1. The van der Waals surface area contributed by atoms with Gasteiger partial charge in [-0.05, 0) is 23.8 Å². The number of aliphatic hydroxyl groups is 2. The Morgan fingerprint density at radius 2 is 2.21 bits per heavy atom. The van der Waals surface area contributed by atoms with Gasteiger partial charge in [-0.1, -0.05) is 6.07 Å². The smallest absolute Gasteiger partial charge is 0.330 e. The van der Waals surface area contributed by atoms with Crippen molar-refractivity contribution in [3.8, 4) is 11.5 Å². The van der Waals surface area contributed by atoms with Gasteiger partial charge in [0.15, 0.2) is 11.5 Å². The molecule has 0 fully saturated rings. The van der Waals surface area contributed by atoms with Crippen LogP contribution >= 0.6 is 0 Å². The first-order chi connectivity index (χ1) is 9.06. The number of aliphatic hydroxyl groups excluding tert-OH is 2. The van der Waals surface area contributed by atoms with Gasteiger partial charge in [0.25, 0.3) is 0 Å². The van der Waals surface area contributed by atoms with Crippen LogP contribution in [0.3, 0.4) is 0 Å². The normalized spacial score (nSPS) is 12.4. The van der Waals surface area contributed by atoms with Crippen molar-refractivity contribution < 1.29 is 29.6 Å². The first-order valence-corrected chi connectivity index (χ1v) is 5.57. The highest BCUT2D eigenvalue weighted by atomic mass is 16.5. The number of carbonyl (C=O) groups excluding carboxylic acids is 1. The van der Waals surface area contributed by atoms with Crippen molar-refractivity contribution in [2.24, 2.45) is 0 Å². The first kappa shape index (κ1) is 15.0. The van der Waals surface area contributed by atoms with E-state index in [0.29, 0.717) is 11.3 Å². The van der Waals surface area contributed by atoms with Crippen LogP contribution < -0.4 is 4.74 Å². The van der Waals surface area contributed by atoms with Crippen molar-refractivity contribution in [1.29, 1.82) is 0 Å². The molecule has 0 amide bonds. The second-order valence-corrected chi connectivity index (χ2v) is 3.73. The molecule has 0 heterocycles. The van der Waals surface area contributed by atoms with Crippen LogP contribution in [0.15, 0.2) is 24.3 Å². The maximum atomic E-state index is 11.3. The van der Waals surface area contributed by atoms with Crippen LogP contribution in [0.25, 0.3) is 6.08 Å². The first-order valence-electron chi connectivity index (χ1n) is 5.57. The molecule has 1 aromatic carbocycles. The Morgan fingerprint density at radius 1 is 1.47 bits per heavy atom. The van der Waals surface area contributed by atoms with Crippen LogP contribution in [-0.4, -0.2) is 47.7 Å². The molecule has 0 aliphatic carbocycles. The molecule has 1 aromatic rings. The molecule has 6 nitrogen and oxygen atoms in total. The van der Waals surface area contributed by atoms with Crippen molar-refractivity contribution in [1.82, 2.24) is 0 Å². The van der Waals surface area contributed by atoms with Crippen LogP contribution in [0, 0.1) is 0 Å². The van der Waals surface area contributed by atoms with Crippen LogP contribution in [-0.2, 0) is 9.53 Å². The van der Waals surface area contributed by atoms with Crippen molar-refractivity contribution in [3.05, 3.63) is 29.8 Å². The van der Waals surface area contributed by atoms with Gasteiger partial charge >= 0.3 is 5.97 Å². The predicted octanol–water partition coefficient (Wildman–Crippen LogP) is 0.310. The molecule has 1 rings (SSSR count). The minimum Gasteiger partial charge on any atom is -0.504 e. The minimum absolute atomic E-state index is 0.00768. The number of esters is 1. The van der Waals surface area contributed by atoms with Crippen molar-refractivity contribution >= 4 is 12.0 Å². The van der Waals surface area contributed by atoms with E-state index in [1.165, 1.54) is 25.3 Å². The van der Waals surface area contributed by atoms with Gasteiger partial charge in [-0.25, -0.2) is 4.79 Å². The van der Waals surface area contributed by atoms with Crippen LogP contribution in [0.5, 0.6) is 11.5 Å². The lowest BCUT2D eigenvalue weighted by Crippen LogP contribution is -2.21. The van der Waals surface area contributed by atoms with Gasteiger partial charge in [-0.3, -0.25) is 0 Å². The average Bonchev–Trinajstić information content (AvgIpc) is 2.43. The second-order valence-electron chi connectivity index (χ2n) is 3.73. The summed E-state index contributed by atoms with van der Waals surface area (Å²) in [5.41, 5.74) is 0.648. The number of hydrogen-bond donors (Lipinski definition) is 3. The number of methoxy groups -OCH3 is 1. The molecule has 0 unspecified atom stereocenters. The zero-order valence-electron chi connectivity index (χ0n) is 10.4. The molecule has 0 aromatic heterocycles. The highest BCUT2D eigenvalue weighted by Crippen LogP contribution is 2.26. The third kappa shape index (κ3) is 4.99. The summed E-state index contributed by atoms with van der Waals surface area (Å²) >= 11 is 0. The Balaban J connectivity index is 2.58. The summed E-state index contributed by atoms with van der Waals surface area (Å²) in [4.78, 5) is 11.3. The Morgan fingerprint density at radius 3 is 2.84 bits per heavy atom. The number of aromatic hydroxyl groups is 1. The van der Waals surface area contributed by atoms with E-state index in [2.05, 4.69) is 4.74 Å². The molecule has 1 atom stereocenters. The van der Waals surface area contributed by atoms with E-state index in [-0.39, 0.29) is 12.4 Å². The fourth-order valence-electron chi connectivity index (χ4n) is 1.24. The van der Waals surface area contributed by atoms with Crippen LogP contribution in [0.2, 0.25) is 0 Å². The lowest BCUT2D eigenvalue weighted by atomic mass is 10.2. The summed E-state index contributed by atoms with van der Waals surface area (Å²) in [5.74, 6) is -0.334. The molecule has 0 bridgehead atoms. The molecule has 19 heavy (non-hydrogen) atoms. The van der Waals surface area contributed by atoms with Crippen LogP contribution in [0.4, 0.5) is 0 Å². The Kier molecular flexibility index (Phi) is 5.84.